The molecule has 1 amide bonds. The summed E-state index contributed by atoms with van der Waals surface area (Å²) >= 11 is 0. The Morgan fingerprint density at radius 1 is 0.780 bits per heavy atom. The molecule has 0 aliphatic carbocycles. The van der Waals surface area contributed by atoms with Gasteiger partial charge in [-0.2, -0.15) is 0 Å². The highest BCUT2D eigenvalue weighted by Gasteiger charge is 2.17. The number of phenols is 1. The van der Waals surface area contributed by atoms with E-state index in [1.807, 2.05) is 41.0 Å². The van der Waals surface area contributed by atoms with Crippen molar-refractivity contribution in [3.8, 4) is 5.75 Å². The minimum absolute atomic E-state index is 0.0174. The Kier molecular flexibility index (Phi) is 8.29. The van der Waals surface area contributed by atoms with Gasteiger partial charge in [-0.25, -0.2) is 0 Å². The zero-order valence-electron chi connectivity index (χ0n) is 22.7. The number of guanidine groups is 1. The first-order valence-corrected chi connectivity index (χ1v) is 13.6. The molecule has 6 N–H and O–H groups in total. The number of aromatic hydroxyl groups is 1. The zero-order valence-corrected chi connectivity index (χ0v) is 22.7. The Labute approximate surface area is 238 Å². The molecule has 1 aromatic heterocycles. The lowest BCUT2D eigenvalue weighted by atomic mass is 10.0. The lowest BCUT2D eigenvalue weighted by Gasteiger charge is -2.12. The van der Waals surface area contributed by atoms with E-state index in [1.165, 1.54) is 16.3 Å². The monoisotopic (exact) mass is 547 g/mol. The average molecular weight is 548 g/mol. The molecule has 8 heteroatoms. The summed E-state index contributed by atoms with van der Waals surface area (Å²) in [6.45, 7) is 1.20. The SMILES string of the molecule is NC(N)=NCCNC(=O)c1cc2cc(CC(=O)Cc3ccc(O)cc3)ccc2n1CCc1ccc2ccccc2c1. The molecule has 1 heterocycles. The first-order chi connectivity index (χ1) is 19.9. The lowest BCUT2D eigenvalue weighted by molar-refractivity contribution is -0.117. The second kappa shape index (κ2) is 12.4. The molecular weight excluding hydrogens is 514 g/mol. The van der Waals surface area contributed by atoms with E-state index in [4.69, 9.17) is 11.5 Å². The van der Waals surface area contributed by atoms with Crippen LogP contribution in [0.15, 0.2) is 96.0 Å². The molecule has 5 aromatic rings. The standard InChI is InChI=1S/C33H33N5O3/c34-33(35)37-15-14-36-32(41)31-21-27-18-24(20-29(40)19-22-6-10-28(39)11-7-22)8-12-30(27)38(31)16-13-23-5-9-25-3-1-2-4-26(25)17-23/h1-12,17-18,21,39H,13-16,19-20H2,(H,36,41)(H4,34,35,37). The number of rotatable bonds is 11. The molecule has 8 nitrogen and oxygen atoms in total. The number of aliphatic imine (C=N–C) groups is 1. The van der Waals surface area contributed by atoms with Crippen molar-refractivity contribution in [3.05, 3.63) is 113 Å². The third-order valence-corrected chi connectivity index (χ3v) is 7.07. The number of benzene rings is 4. The van der Waals surface area contributed by atoms with E-state index >= 15 is 0 Å². The number of nitrogens with one attached hydrogen (secondary N) is 1. The zero-order chi connectivity index (χ0) is 28.8. The number of amides is 1. The van der Waals surface area contributed by atoms with E-state index in [0.29, 0.717) is 25.3 Å². The number of Topliss-reactive ketones (excluding diaryl/α,β-unsaturated/α-hetero) is 1. The van der Waals surface area contributed by atoms with E-state index < -0.39 is 0 Å². The molecule has 0 saturated carbocycles. The summed E-state index contributed by atoms with van der Waals surface area (Å²) in [4.78, 5) is 29.9. The Hall–Kier alpha value is -5.11. The third-order valence-electron chi connectivity index (χ3n) is 7.07. The number of carbonyl (C=O) groups is 2. The van der Waals surface area contributed by atoms with Crippen LogP contribution in [0.1, 0.15) is 27.2 Å². The largest absolute Gasteiger partial charge is 0.508 e. The normalized spacial score (nSPS) is 11.0. The van der Waals surface area contributed by atoms with Crippen LogP contribution in [0.2, 0.25) is 0 Å². The van der Waals surface area contributed by atoms with Crippen molar-refractivity contribution in [2.24, 2.45) is 16.5 Å². The number of fused-ring (bicyclic) bond motifs is 2. The van der Waals surface area contributed by atoms with Crippen molar-refractivity contribution in [2.45, 2.75) is 25.8 Å². The predicted octanol–water partition coefficient (Wildman–Crippen LogP) is 4.10. The van der Waals surface area contributed by atoms with Gasteiger partial charge in [0.1, 0.15) is 17.2 Å². The van der Waals surface area contributed by atoms with Gasteiger partial charge in [0.25, 0.3) is 5.91 Å². The van der Waals surface area contributed by atoms with Crippen LogP contribution in [-0.2, 0) is 30.6 Å². The summed E-state index contributed by atoms with van der Waals surface area (Å²) in [5.41, 5.74) is 15.2. The number of aromatic nitrogens is 1. The van der Waals surface area contributed by atoms with Gasteiger partial charge >= 0.3 is 0 Å². The fourth-order valence-corrected chi connectivity index (χ4v) is 5.07. The molecule has 0 unspecified atom stereocenters. The molecular formula is C33H33N5O3. The molecule has 0 aliphatic heterocycles. The molecule has 0 atom stereocenters. The predicted molar refractivity (Wildman–Crippen MR) is 163 cm³/mol. The summed E-state index contributed by atoms with van der Waals surface area (Å²) in [6.07, 6.45) is 1.31. The Morgan fingerprint density at radius 2 is 1.46 bits per heavy atom. The fraction of sp³-hybridized carbons (Fsp3) is 0.182. The van der Waals surface area contributed by atoms with Crippen LogP contribution >= 0.6 is 0 Å². The molecule has 0 bridgehead atoms. The molecule has 5 rings (SSSR count). The van der Waals surface area contributed by atoms with E-state index in [-0.39, 0.29) is 36.2 Å². The molecule has 0 aliphatic rings. The average Bonchev–Trinajstić information content (AvgIpc) is 3.33. The number of nitrogens with two attached hydrogens (primary N) is 2. The van der Waals surface area contributed by atoms with E-state index in [1.54, 1.807) is 24.3 Å². The van der Waals surface area contributed by atoms with Gasteiger partial charge in [0.15, 0.2) is 5.96 Å². The van der Waals surface area contributed by atoms with Crippen LogP contribution < -0.4 is 16.8 Å². The molecule has 0 fully saturated rings. The molecule has 4 aromatic carbocycles. The van der Waals surface area contributed by atoms with Gasteiger partial charge in [-0.05, 0) is 64.2 Å². The van der Waals surface area contributed by atoms with Crippen molar-refractivity contribution >= 4 is 39.3 Å². The number of hydrogen-bond donors (Lipinski definition) is 4. The van der Waals surface area contributed by atoms with Crippen molar-refractivity contribution in [3.63, 3.8) is 0 Å². The highest BCUT2D eigenvalue weighted by Crippen LogP contribution is 2.24. The maximum atomic E-state index is 13.2. The van der Waals surface area contributed by atoms with Crippen molar-refractivity contribution in [1.29, 1.82) is 0 Å². The summed E-state index contributed by atoms with van der Waals surface area (Å²) in [5.74, 6) is 0.0167. The summed E-state index contributed by atoms with van der Waals surface area (Å²) in [6, 6.07) is 29.1. The maximum Gasteiger partial charge on any atom is 0.268 e. The quantitative estimate of drug-likeness (QED) is 0.112. The van der Waals surface area contributed by atoms with Crippen LogP contribution in [0.3, 0.4) is 0 Å². The van der Waals surface area contributed by atoms with Crippen LogP contribution in [0.4, 0.5) is 0 Å². The summed E-state index contributed by atoms with van der Waals surface area (Å²) in [5, 5.41) is 15.7. The fourth-order valence-electron chi connectivity index (χ4n) is 5.07. The first-order valence-electron chi connectivity index (χ1n) is 13.6. The Morgan fingerprint density at radius 3 is 2.24 bits per heavy atom. The number of nitrogens with zero attached hydrogens (tertiary/aromatic N) is 2. The van der Waals surface area contributed by atoms with Crippen molar-refractivity contribution in [1.82, 2.24) is 9.88 Å². The molecule has 0 saturated heterocycles. The molecule has 0 spiro atoms. The third kappa shape index (κ3) is 6.91. The highest BCUT2D eigenvalue weighted by molar-refractivity contribution is 5.99. The van der Waals surface area contributed by atoms with Gasteiger partial charge in [-0.15, -0.1) is 0 Å². The Balaban J connectivity index is 1.38. The van der Waals surface area contributed by atoms with Crippen LogP contribution in [0.5, 0.6) is 5.75 Å². The first kappa shape index (κ1) is 27.5. The topological polar surface area (TPSA) is 136 Å². The van der Waals surface area contributed by atoms with Crippen LogP contribution in [-0.4, -0.2) is 40.4 Å². The van der Waals surface area contributed by atoms with Crippen LogP contribution in [0.25, 0.3) is 21.7 Å². The molecule has 208 valence electrons. The van der Waals surface area contributed by atoms with Crippen molar-refractivity contribution < 1.29 is 14.7 Å². The van der Waals surface area contributed by atoms with Gasteiger partial charge in [0.05, 0.1) is 6.54 Å². The number of ketones is 1. The number of aryl methyl sites for hydroxylation is 2. The lowest BCUT2D eigenvalue weighted by Crippen LogP contribution is -2.30. The second-order valence-corrected chi connectivity index (χ2v) is 10.1. The summed E-state index contributed by atoms with van der Waals surface area (Å²) in [7, 11) is 0. The van der Waals surface area contributed by atoms with Gasteiger partial charge in [0, 0.05) is 36.8 Å². The highest BCUT2D eigenvalue weighted by atomic mass is 16.3. The second-order valence-electron chi connectivity index (χ2n) is 10.1. The molecule has 0 radical (unpaired) electrons. The Bertz CT molecular complexity index is 1730. The smallest absolute Gasteiger partial charge is 0.268 e. The molecule has 41 heavy (non-hydrogen) atoms. The van der Waals surface area contributed by atoms with Gasteiger partial charge in [-0.3, -0.25) is 14.6 Å². The summed E-state index contributed by atoms with van der Waals surface area (Å²) < 4.78 is 2.03. The van der Waals surface area contributed by atoms with Gasteiger partial charge < -0.3 is 26.5 Å². The number of hydrogen-bond acceptors (Lipinski definition) is 4. The van der Waals surface area contributed by atoms with Crippen molar-refractivity contribution in [2.75, 3.05) is 13.1 Å². The van der Waals surface area contributed by atoms with Gasteiger partial charge in [-0.1, -0.05) is 60.7 Å². The van der Waals surface area contributed by atoms with E-state index in [2.05, 4.69) is 40.6 Å². The number of phenolic OH excluding ortho intramolecular Hbond substituents is 1. The van der Waals surface area contributed by atoms with E-state index in [0.717, 1.165) is 28.5 Å². The number of carbonyl (C=O) groups excluding carboxylic acids is 2. The minimum Gasteiger partial charge on any atom is -0.508 e. The van der Waals surface area contributed by atoms with Crippen LogP contribution in [0, 0.1) is 0 Å². The van der Waals surface area contributed by atoms with Gasteiger partial charge in [0.2, 0.25) is 0 Å². The minimum atomic E-state index is -0.213. The maximum absolute atomic E-state index is 13.2. The van der Waals surface area contributed by atoms with E-state index in [9.17, 15) is 14.7 Å².